The molecule has 1 rings (SSSR count). The van der Waals surface area contributed by atoms with Crippen molar-refractivity contribution < 1.29 is 10.0 Å². The van der Waals surface area contributed by atoms with Crippen LogP contribution in [0, 0.1) is 10.1 Å². The Morgan fingerprint density at radius 2 is 2.21 bits per heavy atom. The number of nitro groups is 1. The average Bonchev–Trinajstić information content (AvgIpc) is 2.42. The van der Waals surface area contributed by atoms with Gasteiger partial charge in [-0.25, -0.2) is 0 Å². The summed E-state index contributed by atoms with van der Waals surface area (Å²) in [4.78, 5) is 12.6. The van der Waals surface area contributed by atoms with E-state index < -0.39 is 0 Å². The lowest BCUT2D eigenvalue weighted by Gasteiger charge is -2.20. The summed E-state index contributed by atoms with van der Waals surface area (Å²) < 4.78 is 0. The zero-order valence-corrected chi connectivity index (χ0v) is 11.4. The highest BCUT2D eigenvalue weighted by Gasteiger charge is 2.13. The van der Waals surface area contributed by atoms with Gasteiger partial charge in [0.15, 0.2) is 0 Å². The summed E-state index contributed by atoms with van der Waals surface area (Å²) in [6.07, 6.45) is 0.736. The van der Waals surface area contributed by atoms with Crippen molar-refractivity contribution in [3.05, 3.63) is 33.9 Å². The lowest BCUT2D eigenvalue weighted by atomic mass is 10.1. The lowest BCUT2D eigenvalue weighted by molar-refractivity contribution is -0.384. The summed E-state index contributed by atoms with van der Waals surface area (Å²) in [5, 5.41) is 22.5. The molecule has 0 amide bonds. The van der Waals surface area contributed by atoms with Crippen LogP contribution in [-0.4, -0.2) is 41.7 Å². The van der Waals surface area contributed by atoms with Crippen molar-refractivity contribution in [2.45, 2.75) is 19.9 Å². The number of rotatable bonds is 8. The van der Waals surface area contributed by atoms with Crippen LogP contribution in [0.1, 0.15) is 18.9 Å². The Hall–Kier alpha value is -1.66. The number of nitrogens with zero attached hydrogens (tertiary/aromatic N) is 2. The van der Waals surface area contributed by atoms with Crippen LogP contribution in [0.15, 0.2) is 18.2 Å². The zero-order valence-electron chi connectivity index (χ0n) is 11.4. The van der Waals surface area contributed by atoms with E-state index in [0.29, 0.717) is 5.69 Å². The molecule has 0 spiro atoms. The third kappa shape index (κ3) is 4.50. The molecule has 1 aromatic carbocycles. The number of hydrogen-bond donors (Lipinski definition) is 2. The van der Waals surface area contributed by atoms with Gasteiger partial charge in [-0.2, -0.15) is 0 Å². The molecule has 6 heteroatoms. The van der Waals surface area contributed by atoms with Crippen LogP contribution in [-0.2, 0) is 6.54 Å². The molecule has 0 aromatic heterocycles. The van der Waals surface area contributed by atoms with Crippen molar-refractivity contribution in [3.8, 4) is 0 Å². The van der Waals surface area contributed by atoms with Crippen molar-refractivity contribution in [1.29, 1.82) is 0 Å². The van der Waals surface area contributed by atoms with Crippen LogP contribution >= 0.6 is 0 Å². The number of benzene rings is 1. The molecule has 0 radical (unpaired) electrons. The predicted octanol–water partition coefficient (Wildman–Crippen LogP) is 1.84. The molecule has 0 atom stereocenters. The maximum absolute atomic E-state index is 10.8. The molecule has 0 heterocycles. The molecule has 0 unspecified atom stereocenters. The van der Waals surface area contributed by atoms with Gasteiger partial charge in [0, 0.05) is 32.8 Å². The van der Waals surface area contributed by atoms with E-state index in [4.69, 9.17) is 5.11 Å². The second kappa shape index (κ2) is 7.70. The van der Waals surface area contributed by atoms with Gasteiger partial charge in [0.05, 0.1) is 4.92 Å². The van der Waals surface area contributed by atoms with Gasteiger partial charge < -0.3 is 10.4 Å². The van der Waals surface area contributed by atoms with E-state index in [1.807, 2.05) is 0 Å². The molecule has 6 nitrogen and oxygen atoms in total. The Balaban J connectivity index is 2.81. The van der Waals surface area contributed by atoms with Gasteiger partial charge in [-0.3, -0.25) is 15.0 Å². The van der Waals surface area contributed by atoms with Gasteiger partial charge in [-0.05, 0) is 24.6 Å². The number of nitro benzene ring substituents is 1. The fourth-order valence-electron chi connectivity index (χ4n) is 1.94. The van der Waals surface area contributed by atoms with Crippen LogP contribution in [0.2, 0.25) is 0 Å². The summed E-state index contributed by atoms with van der Waals surface area (Å²) in [5.41, 5.74) is 1.64. The Morgan fingerprint density at radius 1 is 1.47 bits per heavy atom. The van der Waals surface area contributed by atoms with Crippen LogP contribution < -0.4 is 5.32 Å². The van der Waals surface area contributed by atoms with Crippen LogP contribution in [0.3, 0.4) is 0 Å². The fourth-order valence-corrected chi connectivity index (χ4v) is 1.94. The molecule has 1 aromatic rings. The third-order valence-electron chi connectivity index (χ3n) is 3.01. The molecule has 0 saturated heterocycles. The van der Waals surface area contributed by atoms with Crippen LogP contribution in [0.25, 0.3) is 0 Å². The first kappa shape index (κ1) is 15.4. The second-order valence-electron chi connectivity index (χ2n) is 4.30. The Morgan fingerprint density at radius 3 is 2.74 bits per heavy atom. The molecule has 0 fully saturated rings. The molecule has 0 aliphatic carbocycles. The van der Waals surface area contributed by atoms with E-state index in [-0.39, 0.29) is 17.2 Å². The van der Waals surface area contributed by atoms with E-state index in [1.165, 1.54) is 6.07 Å². The quantitative estimate of drug-likeness (QED) is 0.555. The smallest absolute Gasteiger partial charge is 0.292 e. The maximum Gasteiger partial charge on any atom is 0.292 e. The minimum Gasteiger partial charge on any atom is -0.396 e. The van der Waals surface area contributed by atoms with Crippen LogP contribution in [0.5, 0.6) is 0 Å². The maximum atomic E-state index is 10.8. The van der Waals surface area contributed by atoms with E-state index in [0.717, 1.165) is 31.6 Å². The normalized spacial score (nSPS) is 10.7. The van der Waals surface area contributed by atoms with Crippen molar-refractivity contribution in [1.82, 2.24) is 4.90 Å². The first-order valence-corrected chi connectivity index (χ1v) is 6.40. The number of aliphatic hydroxyl groups is 1. The molecular formula is C13H21N3O3. The highest BCUT2D eigenvalue weighted by molar-refractivity contribution is 5.62. The SMILES string of the molecule is CCN(CCCO)Cc1ccc([N+](=O)[O-])c(NC)c1. The van der Waals surface area contributed by atoms with Crippen molar-refractivity contribution in [2.24, 2.45) is 0 Å². The summed E-state index contributed by atoms with van der Waals surface area (Å²) >= 11 is 0. The number of anilines is 1. The minimum absolute atomic E-state index is 0.0876. The third-order valence-corrected chi connectivity index (χ3v) is 3.01. The largest absolute Gasteiger partial charge is 0.396 e. The van der Waals surface area contributed by atoms with Gasteiger partial charge in [-0.1, -0.05) is 13.0 Å². The Labute approximate surface area is 113 Å². The van der Waals surface area contributed by atoms with Gasteiger partial charge in [-0.15, -0.1) is 0 Å². The van der Waals surface area contributed by atoms with Crippen molar-refractivity contribution in [3.63, 3.8) is 0 Å². The van der Waals surface area contributed by atoms with Gasteiger partial charge in [0.1, 0.15) is 5.69 Å². The summed E-state index contributed by atoms with van der Waals surface area (Å²) in [5.74, 6) is 0. The van der Waals surface area contributed by atoms with E-state index in [1.54, 1.807) is 19.2 Å². The number of aliphatic hydroxyl groups excluding tert-OH is 1. The fraction of sp³-hybridized carbons (Fsp3) is 0.538. The van der Waals surface area contributed by atoms with Crippen molar-refractivity contribution >= 4 is 11.4 Å². The average molecular weight is 267 g/mol. The molecule has 19 heavy (non-hydrogen) atoms. The molecule has 106 valence electrons. The van der Waals surface area contributed by atoms with Gasteiger partial charge >= 0.3 is 0 Å². The second-order valence-corrected chi connectivity index (χ2v) is 4.30. The summed E-state index contributed by atoms with van der Waals surface area (Å²) in [6.45, 7) is 4.66. The minimum atomic E-state index is -0.390. The molecule has 2 N–H and O–H groups in total. The molecular weight excluding hydrogens is 246 g/mol. The number of hydrogen-bond acceptors (Lipinski definition) is 5. The first-order chi connectivity index (χ1) is 9.12. The van der Waals surface area contributed by atoms with Crippen LogP contribution in [0.4, 0.5) is 11.4 Å². The Bertz CT molecular complexity index is 424. The monoisotopic (exact) mass is 267 g/mol. The predicted molar refractivity (Wildman–Crippen MR) is 75.3 cm³/mol. The zero-order chi connectivity index (χ0) is 14.3. The molecule has 0 saturated carbocycles. The topological polar surface area (TPSA) is 78.6 Å². The standard InChI is InChI=1S/C13H21N3O3/c1-3-15(7-4-8-17)10-11-5-6-13(16(18)19)12(9-11)14-2/h5-6,9,14,17H,3-4,7-8,10H2,1-2H3. The molecule has 0 aliphatic rings. The summed E-state index contributed by atoms with van der Waals surface area (Å²) in [6, 6.07) is 5.11. The van der Waals surface area contributed by atoms with Gasteiger partial charge in [0.25, 0.3) is 5.69 Å². The summed E-state index contributed by atoms with van der Waals surface area (Å²) in [7, 11) is 1.68. The Kier molecular flexibility index (Phi) is 6.24. The van der Waals surface area contributed by atoms with E-state index >= 15 is 0 Å². The molecule has 0 aliphatic heterocycles. The van der Waals surface area contributed by atoms with E-state index in [9.17, 15) is 10.1 Å². The first-order valence-electron chi connectivity index (χ1n) is 6.40. The molecule has 0 bridgehead atoms. The highest BCUT2D eigenvalue weighted by atomic mass is 16.6. The van der Waals surface area contributed by atoms with E-state index in [2.05, 4.69) is 17.1 Å². The van der Waals surface area contributed by atoms with Gasteiger partial charge in [0.2, 0.25) is 0 Å². The highest BCUT2D eigenvalue weighted by Crippen LogP contribution is 2.25. The number of nitrogens with one attached hydrogen (secondary N) is 1. The van der Waals surface area contributed by atoms with Crippen molar-refractivity contribution in [2.75, 3.05) is 32.1 Å². The lowest BCUT2D eigenvalue weighted by Crippen LogP contribution is -2.24.